The molecule has 0 heterocycles. The van der Waals surface area contributed by atoms with Crippen LogP contribution in [0.5, 0.6) is 5.75 Å². The summed E-state index contributed by atoms with van der Waals surface area (Å²) in [5.41, 5.74) is 1.51. The van der Waals surface area contributed by atoms with Gasteiger partial charge in [0.2, 0.25) is 5.91 Å². The second-order valence-electron chi connectivity index (χ2n) is 6.65. The number of para-hydroxylation sites is 1. The molecule has 0 saturated heterocycles. The topological polar surface area (TPSA) is 105 Å². The number of carbonyl (C=O) groups is 3. The van der Waals surface area contributed by atoms with E-state index < -0.39 is 17.9 Å². The van der Waals surface area contributed by atoms with Crippen molar-refractivity contribution in [3.63, 3.8) is 0 Å². The monoisotopic (exact) mass is 384 g/mol. The van der Waals surface area contributed by atoms with Crippen LogP contribution in [0.2, 0.25) is 0 Å². The van der Waals surface area contributed by atoms with Gasteiger partial charge in [0, 0.05) is 5.69 Å². The quantitative estimate of drug-likeness (QED) is 0.649. The smallest absolute Gasteiger partial charge is 0.307 e. The minimum atomic E-state index is -0.921. The van der Waals surface area contributed by atoms with Crippen LogP contribution in [0.4, 0.5) is 5.69 Å². The lowest BCUT2D eigenvalue weighted by molar-refractivity contribution is -0.136. The molecule has 7 nitrogen and oxygen atoms in total. The minimum Gasteiger partial charge on any atom is -0.496 e. The fraction of sp³-hybridized carbons (Fsp3) is 0.286. The number of nitrogens with one attached hydrogen (secondary N) is 2. The molecule has 7 heteroatoms. The highest BCUT2D eigenvalue weighted by molar-refractivity contribution is 6.02. The lowest BCUT2D eigenvalue weighted by Crippen LogP contribution is -2.47. The molecule has 3 N–H and O–H groups in total. The largest absolute Gasteiger partial charge is 0.496 e. The van der Waals surface area contributed by atoms with Crippen molar-refractivity contribution in [1.82, 2.24) is 5.32 Å². The van der Waals surface area contributed by atoms with Gasteiger partial charge in [-0.05, 0) is 35.7 Å². The summed E-state index contributed by atoms with van der Waals surface area (Å²) < 4.78 is 5.20. The van der Waals surface area contributed by atoms with E-state index in [-0.39, 0.29) is 18.2 Å². The van der Waals surface area contributed by atoms with Crippen LogP contribution in [0, 0.1) is 5.92 Å². The Hall–Kier alpha value is -3.35. The number of carbonyl (C=O) groups excluding carboxylic acids is 2. The number of amides is 2. The summed E-state index contributed by atoms with van der Waals surface area (Å²) in [7, 11) is 1.48. The van der Waals surface area contributed by atoms with Gasteiger partial charge in [0.1, 0.15) is 11.8 Å². The van der Waals surface area contributed by atoms with Crippen LogP contribution in [0.25, 0.3) is 0 Å². The second kappa shape index (κ2) is 9.55. The normalized spacial score (nSPS) is 11.6. The number of aliphatic carboxylic acids is 1. The maximum atomic E-state index is 12.7. The van der Waals surface area contributed by atoms with Gasteiger partial charge in [-0.15, -0.1) is 0 Å². The zero-order valence-electron chi connectivity index (χ0n) is 16.1. The lowest BCUT2D eigenvalue weighted by Gasteiger charge is -2.22. The van der Waals surface area contributed by atoms with Gasteiger partial charge in [-0.1, -0.05) is 38.1 Å². The Morgan fingerprint density at radius 3 is 2.25 bits per heavy atom. The van der Waals surface area contributed by atoms with E-state index >= 15 is 0 Å². The lowest BCUT2D eigenvalue weighted by atomic mass is 10.0. The maximum absolute atomic E-state index is 12.7. The van der Waals surface area contributed by atoms with Crippen LogP contribution < -0.4 is 15.4 Å². The molecule has 0 aromatic heterocycles. The number of ether oxygens (including phenoxy) is 1. The Bertz CT molecular complexity index is 846. The molecule has 0 fully saturated rings. The number of rotatable bonds is 8. The first-order chi connectivity index (χ1) is 13.3. The van der Waals surface area contributed by atoms with Crippen LogP contribution in [0.15, 0.2) is 48.5 Å². The average molecular weight is 384 g/mol. The van der Waals surface area contributed by atoms with Crippen LogP contribution in [-0.2, 0) is 16.0 Å². The first kappa shape index (κ1) is 21.0. The Balaban J connectivity index is 2.09. The predicted molar refractivity (Wildman–Crippen MR) is 105 cm³/mol. The van der Waals surface area contributed by atoms with Crippen molar-refractivity contribution in [2.24, 2.45) is 5.92 Å². The fourth-order valence-electron chi connectivity index (χ4n) is 2.69. The summed E-state index contributed by atoms with van der Waals surface area (Å²) in [5, 5.41) is 14.3. The van der Waals surface area contributed by atoms with Crippen molar-refractivity contribution < 1.29 is 24.2 Å². The number of carboxylic acid groups (broad SMARTS) is 1. The van der Waals surface area contributed by atoms with Gasteiger partial charge in [-0.2, -0.15) is 0 Å². The van der Waals surface area contributed by atoms with E-state index in [1.165, 1.54) is 7.11 Å². The second-order valence-corrected chi connectivity index (χ2v) is 6.65. The highest BCUT2D eigenvalue weighted by Crippen LogP contribution is 2.18. The molecule has 0 saturated carbocycles. The molecule has 0 spiro atoms. The van der Waals surface area contributed by atoms with Gasteiger partial charge in [0.15, 0.2) is 0 Å². The van der Waals surface area contributed by atoms with E-state index in [9.17, 15) is 14.4 Å². The Morgan fingerprint density at radius 2 is 1.68 bits per heavy atom. The van der Waals surface area contributed by atoms with E-state index in [4.69, 9.17) is 9.84 Å². The molecule has 2 aromatic carbocycles. The molecule has 0 aliphatic heterocycles. The average Bonchev–Trinajstić information content (AvgIpc) is 2.66. The number of anilines is 1. The molecule has 0 aliphatic rings. The van der Waals surface area contributed by atoms with E-state index in [1.807, 2.05) is 13.8 Å². The molecule has 1 atom stereocenters. The zero-order valence-corrected chi connectivity index (χ0v) is 16.1. The molecule has 0 bridgehead atoms. The Morgan fingerprint density at radius 1 is 1.04 bits per heavy atom. The zero-order chi connectivity index (χ0) is 20.7. The van der Waals surface area contributed by atoms with E-state index in [0.717, 1.165) is 0 Å². The summed E-state index contributed by atoms with van der Waals surface area (Å²) in [4.78, 5) is 36.0. The van der Waals surface area contributed by atoms with Gasteiger partial charge in [0.05, 0.1) is 19.1 Å². The molecular formula is C21H24N2O5. The van der Waals surface area contributed by atoms with Gasteiger partial charge >= 0.3 is 5.97 Å². The van der Waals surface area contributed by atoms with Crippen molar-refractivity contribution in [1.29, 1.82) is 0 Å². The Kier molecular flexibility index (Phi) is 7.14. The van der Waals surface area contributed by atoms with Crippen molar-refractivity contribution in [2.45, 2.75) is 26.3 Å². The summed E-state index contributed by atoms with van der Waals surface area (Å²) in [6.07, 6.45) is -0.0855. The first-order valence-electron chi connectivity index (χ1n) is 8.87. The van der Waals surface area contributed by atoms with Gasteiger partial charge in [-0.3, -0.25) is 14.4 Å². The molecule has 0 aliphatic carbocycles. The number of benzene rings is 2. The number of methoxy groups -OCH3 is 1. The summed E-state index contributed by atoms with van der Waals surface area (Å²) in [6.45, 7) is 3.67. The predicted octanol–water partition coefficient (Wildman–Crippen LogP) is 2.72. The van der Waals surface area contributed by atoms with Gasteiger partial charge in [-0.25, -0.2) is 0 Å². The summed E-state index contributed by atoms with van der Waals surface area (Å²) in [6, 6.07) is 12.6. The molecule has 2 rings (SSSR count). The molecule has 28 heavy (non-hydrogen) atoms. The summed E-state index contributed by atoms with van der Waals surface area (Å²) >= 11 is 0. The van der Waals surface area contributed by atoms with E-state index in [2.05, 4.69) is 10.6 Å². The fourth-order valence-corrected chi connectivity index (χ4v) is 2.69. The van der Waals surface area contributed by atoms with Crippen LogP contribution in [0.1, 0.15) is 29.8 Å². The molecule has 2 aromatic rings. The van der Waals surface area contributed by atoms with Crippen LogP contribution in [0.3, 0.4) is 0 Å². The molecule has 148 valence electrons. The van der Waals surface area contributed by atoms with Crippen LogP contribution >= 0.6 is 0 Å². The standard InChI is InChI=1S/C21H24N2O5/c1-13(2)19(23-20(26)16-6-4-5-7-17(16)28-3)21(27)22-15-10-8-14(9-11-15)12-18(24)25/h4-11,13,19H,12H2,1-3H3,(H,22,27)(H,23,26)(H,24,25). The van der Waals surface area contributed by atoms with E-state index in [1.54, 1.807) is 48.5 Å². The molecule has 2 amide bonds. The third-order valence-corrected chi connectivity index (χ3v) is 4.16. The summed E-state index contributed by atoms with van der Waals surface area (Å²) in [5.74, 6) is -1.40. The third kappa shape index (κ3) is 5.57. The van der Waals surface area contributed by atoms with Crippen molar-refractivity contribution in [3.8, 4) is 5.75 Å². The molecule has 1 unspecified atom stereocenters. The Labute approximate surface area is 163 Å². The number of carboxylic acids is 1. The van der Waals surface area contributed by atoms with Crippen molar-refractivity contribution in [2.75, 3.05) is 12.4 Å². The number of hydrogen-bond donors (Lipinski definition) is 3. The van der Waals surface area contributed by atoms with Crippen molar-refractivity contribution in [3.05, 3.63) is 59.7 Å². The van der Waals surface area contributed by atoms with Gasteiger partial charge in [0.25, 0.3) is 5.91 Å². The highest BCUT2D eigenvalue weighted by Gasteiger charge is 2.25. The first-order valence-corrected chi connectivity index (χ1v) is 8.87. The molecular weight excluding hydrogens is 360 g/mol. The SMILES string of the molecule is COc1ccccc1C(=O)NC(C(=O)Nc1ccc(CC(=O)O)cc1)C(C)C. The number of hydrogen-bond acceptors (Lipinski definition) is 4. The third-order valence-electron chi connectivity index (χ3n) is 4.16. The van der Waals surface area contributed by atoms with Crippen molar-refractivity contribution >= 4 is 23.5 Å². The highest BCUT2D eigenvalue weighted by atomic mass is 16.5. The van der Waals surface area contributed by atoms with Gasteiger partial charge < -0.3 is 20.5 Å². The van der Waals surface area contributed by atoms with E-state index in [0.29, 0.717) is 22.6 Å². The minimum absolute atomic E-state index is 0.0855. The maximum Gasteiger partial charge on any atom is 0.307 e. The molecule has 0 radical (unpaired) electrons. The van der Waals surface area contributed by atoms with Crippen LogP contribution in [-0.4, -0.2) is 36.0 Å².